The van der Waals surface area contributed by atoms with Crippen molar-refractivity contribution in [3.63, 3.8) is 0 Å². The first-order valence-corrected chi connectivity index (χ1v) is 5.89. The van der Waals surface area contributed by atoms with Gasteiger partial charge in [-0.1, -0.05) is 12.8 Å². The molecule has 4 N–H and O–H groups in total. The average Bonchev–Trinajstić information content (AvgIpc) is 2.97. The van der Waals surface area contributed by atoms with E-state index >= 15 is 0 Å². The molecule has 0 unspecified atom stereocenters. The third-order valence-electron chi connectivity index (χ3n) is 3.23. The standard InChI is InChI=1S/C11H16N4O3/c16-9(17)11(3-1-2-4-11)15-10(18)12-5-8-6-13-14-7-8/h6-7H,1-5H2,(H,13,14)(H,16,17)(H2,12,15,18). The first kappa shape index (κ1) is 12.4. The molecule has 0 atom stereocenters. The summed E-state index contributed by atoms with van der Waals surface area (Å²) in [6, 6.07) is -0.458. The number of hydrogen-bond acceptors (Lipinski definition) is 3. The van der Waals surface area contributed by atoms with E-state index in [-0.39, 0.29) is 0 Å². The van der Waals surface area contributed by atoms with Crippen LogP contribution in [0.15, 0.2) is 12.4 Å². The Morgan fingerprint density at radius 1 is 1.44 bits per heavy atom. The Kier molecular flexibility index (Phi) is 3.50. The van der Waals surface area contributed by atoms with Crippen molar-refractivity contribution in [1.29, 1.82) is 0 Å². The van der Waals surface area contributed by atoms with Crippen LogP contribution in [0.1, 0.15) is 31.2 Å². The lowest BCUT2D eigenvalue weighted by molar-refractivity contribution is -0.144. The molecular weight excluding hydrogens is 236 g/mol. The molecule has 1 aliphatic rings. The van der Waals surface area contributed by atoms with E-state index < -0.39 is 17.5 Å². The molecule has 0 saturated heterocycles. The van der Waals surface area contributed by atoms with Crippen LogP contribution < -0.4 is 10.6 Å². The van der Waals surface area contributed by atoms with E-state index in [0.717, 1.165) is 18.4 Å². The SMILES string of the molecule is O=C(NCc1cn[nH]c1)NC1(C(=O)O)CCCC1. The van der Waals surface area contributed by atoms with E-state index in [1.165, 1.54) is 0 Å². The van der Waals surface area contributed by atoms with Crippen LogP contribution in [-0.2, 0) is 11.3 Å². The van der Waals surface area contributed by atoms with Crippen molar-refractivity contribution in [2.75, 3.05) is 0 Å². The number of urea groups is 1. The highest BCUT2D eigenvalue weighted by molar-refractivity contribution is 5.86. The number of carbonyl (C=O) groups is 2. The smallest absolute Gasteiger partial charge is 0.329 e. The van der Waals surface area contributed by atoms with E-state index in [1.807, 2.05) is 0 Å². The molecular formula is C11H16N4O3. The van der Waals surface area contributed by atoms with Crippen LogP contribution in [-0.4, -0.2) is 32.8 Å². The van der Waals surface area contributed by atoms with Gasteiger partial charge in [-0.05, 0) is 12.8 Å². The average molecular weight is 252 g/mol. The summed E-state index contributed by atoms with van der Waals surface area (Å²) in [5.41, 5.74) is -0.263. The van der Waals surface area contributed by atoms with Crippen LogP contribution in [0.2, 0.25) is 0 Å². The maximum atomic E-state index is 11.7. The Hall–Kier alpha value is -2.05. The molecule has 0 bridgehead atoms. The summed E-state index contributed by atoms with van der Waals surface area (Å²) in [4.78, 5) is 22.9. The van der Waals surface area contributed by atoms with E-state index in [9.17, 15) is 14.7 Å². The van der Waals surface area contributed by atoms with Crippen LogP contribution in [0.25, 0.3) is 0 Å². The number of aliphatic carboxylic acids is 1. The quantitative estimate of drug-likeness (QED) is 0.629. The van der Waals surface area contributed by atoms with Crippen LogP contribution in [0.4, 0.5) is 4.79 Å². The van der Waals surface area contributed by atoms with Crippen molar-refractivity contribution >= 4 is 12.0 Å². The number of carboxylic acid groups (broad SMARTS) is 1. The van der Waals surface area contributed by atoms with Gasteiger partial charge in [0.05, 0.1) is 6.20 Å². The Morgan fingerprint density at radius 3 is 2.72 bits per heavy atom. The molecule has 0 radical (unpaired) electrons. The fraction of sp³-hybridized carbons (Fsp3) is 0.545. The molecule has 0 spiro atoms. The zero-order chi connectivity index (χ0) is 13.0. The maximum Gasteiger partial charge on any atom is 0.329 e. The molecule has 98 valence electrons. The molecule has 7 nitrogen and oxygen atoms in total. The summed E-state index contributed by atoms with van der Waals surface area (Å²) in [5.74, 6) is -0.960. The summed E-state index contributed by atoms with van der Waals surface area (Å²) in [7, 11) is 0. The van der Waals surface area contributed by atoms with Gasteiger partial charge in [-0.3, -0.25) is 5.10 Å². The third-order valence-corrected chi connectivity index (χ3v) is 3.23. The van der Waals surface area contributed by atoms with Gasteiger partial charge in [0.1, 0.15) is 5.54 Å². The lowest BCUT2D eigenvalue weighted by atomic mass is 9.98. The van der Waals surface area contributed by atoms with Gasteiger partial charge in [-0.2, -0.15) is 5.10 Å². The summed E-state index contributed by atoms with van der Waals surface area (Å²) in [6.45, 7) is 0.317. The molecule has 2 rings (SSSR count). The summed E-state index contributed by atoms with van der Waals surface area (Å²) < 4.78 is 0. The Balaban J connectivity index is 1.88. The molecule has 0 aromatic carbocycles. The van der Waals surface area contributed by atoms with Crippen LogP contribution in [0.5, 0.6) is 0 Å². The number of aromatic nitrogens is 2. The van der Waals surface area contributed by atoms with Gasteiger partial charge in [0, 0.05) is 18.3 Å². The van der Waals surface area contributed by atoms with E-state index in [2.05, 4.69) is 20.8 Å². The highest BCUT2D eigenvalue weighted by atomic mass is 16.4. The van der Waals surface area contributed by atoms with E-state index in [4.69, 9.17) is 0 Å². The van der Waals surface area contributed by atoms with E-state index in [1.54, 1.807) is 12.4 Å². The number of nitrogens with one attached hydrogen (secondary N) is 3. The number of H-pyrrole nitrogens is 1. The minimum absolute atomic E-state index is 0.317. The lowest BCUT2D eigenvalue weighted by Gasteiger charge is -2.25. The lowest BCUT2D eigenvalue weighted by Crippen LogP contribution is -2.55. The summed E-state index contributed by atoms with van der Waals surface area (Å²) in [5, 5.41) is 20.8. The van der Waals surface area contributed by atoms with Crippen molar-refractivity contribution < 1.29 is 14.7 Å². The molecule has 1 aromatic rings. The molecule has 0 aliphatic heterocycles. The maximum absolute atomic E-state index is 11.7. The van der Waals surface area contributed by atoms with Crippen LogP contribution >= 0.6 is 0 Å². The van der Waals surface area contributed by atoms with Crippen LogP contribution in [0, 0.1) is 0 Å². The molecule has 2 amide bonds. The van der Waals surface area contributed by atoms with Gasteiger partial charge in [-0.25, -0.2) is 9.59 Å². The number of rotatable bonds is 4. The minimum Gasteiger partial charge on any atom is -0.480 e. The van der Waals surface area contributed by atoms with Gasteiger partial charge in [0.15, 0.2) is 0 Å². The van der Waals surface area contributed by atoms with Crippen LogP contribution in [0.3, 0.4) is 0 Å². The molecule has 1 fully saturated rings. The third kappa shape index (κ3) is 2.61. The molecule has 1 aromatic heterocycles. The number of aromatic amines is 1. The zero-order valence-electron chi connectivity index (χ0n) is 9.90. The second-order valence-electron chi connectivity index (χ2n) is 4.51. The van der Waals surface area contributed by atoms with Crippen molar-refractivity contribution in [2.24, 2.45) is 0 Å². The summed E-state index contributed by atoms with van der Waals surface area (Å²) >= 11 is 0. The number of nitrogens with zero attached hydrogens (tertiary/aromatic N) is 1. The number of carbonyl (C=O) groups excluding carboxylic acids is 1. The number of amides is 2. The monoisotopic (exact) mass is 252 g/mol. The fourth-order valence-corrected chi connectivity index (χ4v) is 2.19. The normalized spacial score (nSPS) is 17.3. The minimum atomic E-state index is -1.10. The molecule has 18 heavy (non-hydrogen) atoms. The van der Waals surface area contributed by atoms with Crippen molar-refractivity contribution in [1.82, 2.24) is 20.8 Å². The largest absolute Gasteiger partial charge is 0.480 e. The Morgan fingerprint density at radius 2 is 2.17 bits per heavy atom. The second kappa shape index (κ2) is 5.07. The highest BCUT2D eigenvalue weighted by Crippen LogP contribution is 2.29. The number of hydrogen-bond donors (Lipinski definition) is 4. The van der Waals surface area contributed by atoms with Crippen molar-refractivity contribution in [2.45, 2.75) is 37.8 Å². The predicted molar refractivity (Wildman–Crippen MR) is 62.8 cm³/mol. The van der Waals surface area contributed by atoms with Gasteiger partial charge < -0.3 is 15.7 Å². The Bertz CT molecular complexity index is 424. The van der Waals surface area contributed by atoms with Crippen molar-refractivity contribution in [3.8, 4) is 0 Å². The van der Waals surface area contributed by atoms with Crippen molar-refractivity contribution in [3.05, 3.63) is 18.0 Å². The van der Waals surface area contributed by atoms with E-state index in [0.29, 0.717) is 19.4 Å². The summed E-state index contributed by atoms with van der Waals surface area (Å²) in [6.07, 6.45) is 5.90. The molecule has 1 saturated carbocycles. The first-order valence-electron chi connectivity index (χ1n) is 5.89. The van der Waals surface area contributed by atoms with Gasteiger partial charge >= 0.3 is 12.0 Å². The first-order chi connectivity index (χ1) is 8.62. The molecule has 1 heterocycles. The van der Waals surface area contributed by atoms with Gasteiger partial charge in [0.2, 0.25) is 0 Å². The molecule has 7 heteroatoms. The number of carboxylic acids is 1. The topological polar surface area (TPSA) is 107 Å². The van der Waals surface area contributed by atoms with Gasteiger partial charge in [-0.15, -0.1) is 0 Å². The Labute approximate surface area is 104 Å². The fourth-order valence-electron chi connectivity index (χ4n) is 2.19. The second-order valence-corrected chi connectivity index (χ2v) is 4.51. The van der Waals surface area contributed by atoms with Gasteiger partial charge in [0.25, 0.3) is 0 Å². The zero-order valence-corrected chi connectivity index (χ0v) is 9.90. The molecule has 1 aliphatic carbocycles. The highest BCUT2D eigenvalue weighted by Gasteiger charge is 2.42. The predicted octanol–water partition coefficient (Wildman–Crippen LogP) is 0.606.